The first kappa shape index (κ1) is 12.3. The molecule has 2 heterocycles. The third-order valence-electron chi connectivity index (χ3n) is 3.80. The first-order chi connectivity index (χ1) is 9.15. The van der Waals surface area contributed by atoms with Gasteiger partial charge in [-0.15, -0.1) is 0 Å². The third-order valence-corrected chi connectivity index (χ3v) is 3.80. The Morgan fingerprint density at radius 3 is 2.68 bits per heavy atom. The van der Waals surface area contributed by atoms with Gasteiger partial charge in [0, 0.05) is 32.0 Å². The second kappa shape index (κ2) is 4.74. The van der Waals surface area contributed by atoms with Crippen molar-refractivity contribution in [2.45, 2.75) is 18.9 Å². The van der Waals surface area contributed by atoms with Crippen LogP contribution in [0.15, 0.2) is 18.2 Å². The van der Waals surface area contributed by atoms with Crippen molar-refractivity contribution in [3.05, 3.63) is 23.8 Å². The molecule has 5 nitrogen and oxygen atoms in total. The van der Waals surface area contributed by atoms with Crippen LogP contribution in [0.25, 0.3) is 0 Å². The molecule has 102 valence electrons. The van der Waals surface area contributed by atoms with E-state index >= 15 is 0 Å². The van der Waals surface area contributed by atoms with Gasteiger partial charge in [-0.3, -0.25) is 4.79 Å². The van der Waals surface area contributed by atoms with Crippen molar-refractivity contribution in [3.8, 4) is 11.5 Å². The van der Waals surface area contributed by atoms with Gasteiger partial charge < -0.3 is 20.1 Å². The minimum atomic E-state index is -0.0218. The Kier molecular flexibility index (Phi) is 3.06. The number of ether oxygens (including phenoxy) is 2. The van der Waals surface area contributed by atoms with Crippen LogP contribution in [0, 0.1) is 0 Å². The largest absolute Gasteiger partial charge is 0.486 e. The van der Waals surface area contributed by atoms with E-state index in [0.29, 0.717) is 26.3 Å². The molecule has 1 aromatic carbocycles. The molecule has 1 saturated heterocycles. The topological polar surface area (TPSA) is 64.8 Å². The Labute approximate surface area is 112 Å². The Hall–Kier alpha value is -1.75. The molecule has 19 heavy (non-hydrogen) atoms. The lowest BCUT2D eigenvalue weighted by atomic mass is 9.94. The van der Waals surface area contributed by atoms with E-state index in [4.69, 9.17) is 15.2 Å². The fraction of sp³-hybridized carbons (Fsp3) is 0.500. The van der Waals surface area contributed by atoms with Crippen LogP contribution in [0.5, 0.6) is 11.5 Å². The summed E-state index contributed by atoms with van der Waals surface area (Å²) in [6.07, 6.45) is 0. The number of benzene rings is 1. The molecule has 3 rings (SSSR count). The van der Waals surface area contributed by atoms with Gasteiger partial charge in [0.05, 0.1) is 0 Å². The third kappa shape index (κ3) is 2.26. The van der Waals surface area contributed by atoms with Crippen LogP contribution in [0.3, 0.4) is 0 Å². The van der Waals surface area contributed by atoms with Gasteiger partial charge in [-0.05, 0) is 17.7 Å². The summed E-state index contributed by atoms with van der Waals surface area (Å²) in [5.41, 5.74) is 7.26. The van der Waals surface area contributed by atoms with Crippen molar-refractivity contribution in [2.24, 2.45) is 5.73 Å². The second-order valence-corrected chi connectivity index (χ2v) is 5.10. The SMILES string of the molecule is CC(=O)N1CC(N)C(c2ccc3c(c2)OCCO3)C1. The maximum Gasteiger partial charge on any atom is 0.219 e. The van der Waals surface area contributed by atoms with Crippen LogP contribution >= 0.6 is 0 Å². The van der Waals surface area contributed by atoms with Gasteiger partial charge in [-0.2, -0.15) is 0 Å². The quantitative estimate of drug-likeness (QED) is 0.810. The minimum absolute atomic E-state index is 0.0218. The Bertz CT molecular complexity index is 503. The second-order valence-electron chi connectivity index (χ2n) is 5.10. The Morgan fingerprint density at radius 2 is 2.00 bits per heavy atom. The predicted molar refractivity (Wildman–Crippen MR) is 70.4 cm³/mol. The summed E-state index contributed by atoms with van der Waals surface area (Å²) < 4.78 is 11.1. The van der Waals surface area contributed by atoms with Gasteiger partial charge in [0.25, 0.3) is 0 Å². The van der Waals surface area contributed by atoms with E-state index in [1.54, 1.807) is 11.8 Å². The van der Waals surface area contributed by atoms with E-state index in [2.05, 4.69) is 0 Å². The van der Waals surface area contributed by atoms with Crippen LogP contribution in [0.2, 0.25) is 0 Å². The van der Waals surface area contributed by atoms with Crippen molar-refractivity contribution in [1.82, 2.24) is 4.90 Å². The number of nitrogens with two attached hydrogens (primary N) is 1. The predicted octanol–water partition coefficient (Wildman–Crippen LogP) is 0.731. The zero-order valence-electron chi connectivity index (χ0n) is 11.0. The molecule has 2 unspecified atom stereocenters. The standard InChI is InChI=1S/C14H18N2O3/c1-9(17)16-7-11(12(15)8-16)10-2-3-13-14(6-10)19-5-4-18-13/h2-3,6,11-12H,4-5,7-8,15H2,1H3. The lowest BCUT2D eigenvalue weighted by Gasteiger charge is -2.21. The van der Waals surface area contributed by atoms with Gasteiger partial charge >= 0.3 is 0 Å². The number of hydrogen-bond donors (Lipinski definition) is 1. The molecule has 2 aliphatic heterocycles. The highest BCUT2D eigenvalue weighted by molar-refractivity contribution is 5.73. The van der Waals surface area contributed by atoms with Gasteiger partial charge in [-0.25, -0.2) is 0 Å². The zero-order valence-corrected chi connectivity index (χ0v) is 11.0. The first-order valence-electron chi connectivity index (χ1n) is 6.56. The number of nitrogens with zero attached hydrogens (tertiary/aromatic N) is 1. The van der Waals surface area contributed by atoms with Crippen molar-refractivity contribution < 1.29 is 14.3 Å². The number of carbonyl (C=O) groups excluding carboxylic acids is 1. The summed E-state index contributed by atoms with van der Waals surface area (Å²) >= 11 is 0. The van der Waals surface area contributed by atoms with Crippen LogP contribution in [0.4, 0.5) is 0 Å². The van der Waals surface area contributed by atoms with E-state index in [0.717, 1.165) is 17.1 Å². The van der Waals surface area contributed by atoms with Gasteiger partial charge in [-0.1, -0.05) is 6.07 Å². The maximum absolute atomic E-state index is 11.4. The summed E-state index contributed by atoms with van der Waals surface area (Å²) in [6.45, 7) is 4.05. The van der Waals surface area contributed by atoms with Crippen molar-refractivity contribution in [2.75, 3.05) is 26.3 Å². The molecule has 5 heteroatoms. The molecule has 0 aromatic heterocycles. The highest BCUT2D eigenvalue weighted by Gasteiger charge is 2.33. The molecule has 1 amide bonds. The lowest BCUT2D eigenvalue weighted by Crippen LogP contribution is -2.30. The summed E-state index contributed by atoms with van der Waals surface area (Å²) in [5, 5.41) is 0. The average Bonchev–Trinajstić information content (AvgIpc) is 2.80. The molecule has 0 aliphatic carbocycles. The number of rotatable bonds is 1. The molecular formula is C14H18N2O3. The normalized spacial score (nSPS) is 25.5. The summed E-state index contributed by atoms with van der Waals surface area (Å²) in [5.74, 6) is 1.80. The van der Waals surface area contributed by atoms with Gasteiger partial charge in [0.1, 0.15) is 13.2 Å². The Balaban J connectivity index is 1.84. The molecule has 0 bridgehead atoms. The van der Waals surface area contributed by atoms with E-state index < -0.39 is 0 Å². The fourth-order valence-corrected chi connectivity index (χ4v) is 2.73. The van der Waals surface area contributed by atoms with Crippen LogP contribution in [-0.2, 0) is 4.79 Å². The molecule has 0 spiro atoms. The molecule has 1 fully saturated rings. The van der Waals surface area contributed by atoms with Crippen molar-refractivity contribution >= 4 is 5.91 Å². The summed E-state index contributed by atoms with van der Waals surface area (Å²) in [4.78, 5) is 13.2. The number of carbonyl (C=O) groups is 1. The highest BCUT2D eigenvalue weighted by atomic mass is 16.6. The lowest BCUT2D eigenvalue weighted by molar-refractivity contribution is -0.127. The van der Waals surface area contributed by atoms with Crippen molar-refractivity contribution in [3.63, 3.8) is 0 Å². The maximum atomic E-state index is 11.4. The number of likely N-dealkylation sites (tertiary alicyclic amines) is 1. The van der Waals surface area contributed by atoms with Gasteiger partial charge in [0.2, 0.25) is 5.91 Å². The molecule has 2 aliphatic rings. The zero-order chi connectivity index (χ0) is 13.4. The minimum Gasteiger partial charge on any atom is -0.486 e. The Morgan fingerprint density at radius 1 is 1.26 bits per heavy atom. The monoisotopic (exact) mass is 262 g/mol. The van der Waals surface area contributed by atoms with E-state index in [1.165, 1.54) is 0 Å². The number of amides is 1. The molecule has 0 radical (unpaired) electrons. The van der Waals surface area contributed by atoms with Crippen LogP contribution in [0.1, 0.15) is 18.4 Å². The van der Waals surface area contributed by atoms with Crippen LogP contribution in [-0.4, -0.2) is 43.2 Å². The average molecular weight is 262 g/mol. The molecule has 2 atom stereocenters. The summed E-state index contributed by atoms with van der Waals surface area (Å²) in [7, 11) is 0. The van der Waals surface area contributed by atoms with E-state index in [1.807, 2.05) is 18.2 Å². The molecule has 1 aromatic rings. The van der Waals surface area contributed by atoms with Crippen molar-refractivity contribution in [1.29, 1.82) is 0 Å². The molecule has 2 N–H and O–H groups in total. The highest BCUT2D eigenvalue weighted by Crippen LogP contribution is 2.35. The summed E-state index contributed by atoms with van der Waals surface area (Å²) in [6, 6.07) is 5.91. The van der Waals surface area contributed by atoms with Gasteiger partial charge in [0.15, 0.2) is 11.5 Å². The first-order valence-corrected chi connectivity index (χ1v) is 6.56. The van der Waals surface area contributed by atoms with Crippen LogP contribution < -0.4 is 15.2 Å². The smallest absolute Gasteiger partial charge is 0.219 e. The van der Waals surface area contributed by atoms with E-state index in [9.17, 15) is 4.79 Å². The number of fused-ring (bicyclic) bond motifs is 1. The molecule has 0 saturated carbocycles. The molecular weight excluding hydrogens is 244 g/mol. The number of hydrogen-bond acceptors (Lipinski definition) is 4. The fourth-order valence-electron chi connectivity index (χ4n) is 2.73. The van der Waals surface area contributed by atoms with E-state index in [-0.39, 0.29) is 17.9 Å².